The van der Waals surface area contributed by atoms with Crippen molar-refractivity contribution in [2.24, 2.45) is 0 Å². The second-order valence-electron chi connectivity index (χ2n) is 3.77. The molecule has 0 saturated carbocycles. The molecule has 4 nitrogen and oxygen atoms in total. The lowest BCUT2D eigenvalue weighted by Crippen LogP contribution is -2.57. The Hall–Kier alpha value is -0.610. The fraction of sp³-hybridized carbons (Fsp3) is 0.889. The summed E-state index contributed by atoms with van der Waals surface area (Å²) in [5, 5.41) is 3.22. The largest absolute Gasteiger partial charge is 0.468 e. The molecule has 0 amide bonds. The first-order valence-corrected chi connectivity index (χ1v) is 4.86. The number of carbonyl (C=O) groups is 1. The number of hydrogen-bond acceptors (Lipinski definition) is 4. The van der Waals surface area contributed by atoms with E-state index >= 15 is 0 Å². The second-order valence-corrected chi connectivity index (χ2v) is 3.77. The number of hydrogen-bond donors (Lipinski definition) is 1. The Bertz CT molecular complexity index is 208. The molecular formula is C9H16N2O2. The van der Waals surface area contributed by atoms with Crippen molar-refractivity contribution in [3.63, 3.8) is 0 Å². The number of methoxy groups -OCH3 is 1. The molecule has 2 atom stereocenters. The zero-order valence-corrected chi connectivity index (χ0v) is 7.95. The minimum Gasteiger partial charge on any atom is -0.468 e. The number of ether oxygens (including phenoxy) is 1. The van der Waals surface area contributed by atoms with Crippen LogP contribution in [0.3, 0.4) is 0 Å². The summed E-state index contributed by atoms with van der Waals surface area (Å²) in [5.41, 5.74) is 0. The van der Waals surface area contributed by atoms with E-state index in [9.17, 15) is 4.79 Å². The normalized spacial score (nSPS) is 34.2. The molecule has 2 aliphatic rings. The second kappa shape index (κ2) is 3.64. The van der Waals surface area contributed by atoms with Gasteiger partial charge in [0.05, 0.1) is 7.11 Å². The third kappa shape index (κ3) is 1.69. The molecule has 0 aliphatic carbocycles. The van der Waals surface area contributed by atoms with Gasteiger partial charge in [0.15, 0.2) is 0 Å². The van der Waals surface area contributed by atoms with Gasteiger partial charge in [-0.05, 0) is 19.4 Å². The van der Waals surface area contributed by atoms with Crippen LogP contribution in [-0.4, -0.2) is 49.7 Å². The first kappa shape index (κ1) is 8.97. The van der Waals surface area contributed by atoms with Crippen molar-refractivity contribution in [2.75, 3.05) is 26.7 Å². The highest BCUT2D eigenvalue weighted by molar-refractivity contribution is 5.76. The average molecular weight is 184 g/mol. The number of piperazine rings is 1. The van der Waals surface area contributed by atoms with Crippen molar-refractivity contribution >= 4 is 5.97 Å². The van der Waals surface area contributed by atoms with Gasteiger partial charge in [-0.15, -0.1) is 0 Å². The molecule has 0 unspecified atom stereocenters. The number of nitrogens with zero attached hydrogens (tertiary/aromatic N) is 1. The summed E-state index contributed by atoms with van der Waals surface area (Å²) in [4.78, 5) is 13.6. The molecule has 0 aromatic heterocycles. The van der Waals surface area contributed by atoms with Gasteiger partial charge in [0.25, 0.3) is 0 Å². The van der Waals surface area contributed by atoms with Crippen molar-refractivity contribution in [1.29, 1.82) is 0 Å². The molecule has 4 heteroatoms. The van der Waals surface area contributed by atoms with E-state index in [1.165, 1.54) is 20.0 Å². The Morgan fingerprint density at radius 1 is 1.62 bits per heavy atom. The molecule has 13 heavy (non-hydrogen) atoms. The summed E-state index contributed by atoms with van der Waals surface area (Å²) in [6.07, 6.45) is 2.53. The quantitative estimate of drug-likeness (QED) is 0.563. The number of rotatable bonds is 1. The molecule has 0 aromatic rings. The molecule has 0 bridgehead atoms. The molecule has 2 fully saturated rings. The van der Waals surface area contributed by atoms with Crippen LogP contribution in [0.1, 0.15) is 12.8 Å². The smallest absolute Gasteiger partial charge is 0.324 e. The van der Waals surface area contributed by atoms with Crippen LogP contribution < -0.4 is 5.32 Å². The lowest BCUT2D eigenvalue weighted by Gasteiger charge is -2.34. The van der Waals surface area contributed by atoms with Gasteiger partial charge in [0.2, 0.25) is 0 Å². The van der Waals surface area contributed by atoms with Crippen LogP contribution in [0.25, 0.3) is 0 Å². The third-order valence-corrected chi connectivity index (χ3v) is 3.00. The topological polar surface area (TPSA) is 41.6 Å². The van der Waals surface area contributed by atoms with E-state index in [-0.39, 0.29) is 12.0 Å². The van der Waals surface area contributed by atoms with Crippen molar-refractivity contribution in [3.05, 3.63) is 0 Å². The van der Waals surface area contributed by atoms with E-state index in [2.05, 4.69) is 10.2 Å². The lowest BCUT2D eigenvalue weighted by molar-refractivity contribution is -0.144. The van der Waals surface area contributed by atoms with Gasteiger partial charge in [-0.1, -0.05) is 0 Å². The standard InChI is InChI=1S/C9H16N2O2/c1-13-9(12)8-6-11-4-2-3-7(11)5-10-8/h7-8,10H,2-6H2,1H3/t7-,8-/m1/s1. The molecule has 0 spiro atoms. The Morgan fingerprint density at radius 3 is 3.23 bits per heavy atom. The first-order valence-electron chi connectivity index (χ1n) is 4.86. The van der Waals surface area contributed by atoms with E-state index < -0.39 is 0 Å². The molecule has 2 heterocycles. The summed E-state index contributed by atoms with van der Waals surface area (Å²) in [7, 11) is 1.44. The van der Waals surface area contributed by atoms with Gasteiger partial charge in [-0.25, -0.2) is 0 Å². The van der Waals surface area contributed by atoms with Gasteiger partial charge in [0, 0.05) is 19.1 Å². The highest BCUT2D eigenvalue weighted by Gasteiger charge is 2.34. The maximum Gasteiger partial charge on any atom is 0.324 e. The Balaban J connectivity index is 1.93. The predicted octanol–water partition coefficient (Wildman–Crippen LogP) is -0.404. The summed E-state index contributed by atoms with van der Waals surface area (Å²) >= 11 is 0. The van der Waals surface area contributed by atoms with Crippen molar-refractivity contribution in [1.82, 2.24) is 10.2 Å². The van der Waals surface area contributed by atoms with Gasteiger partial charge in [0.1, 0.15) is 6.04 Å². The Kier molecular flexibility index (Phi) is 2.51. The number of carbonyl (C=O) groups excluding carboxylic acids is 1. The Morgan fingerprint density at radius 2 is 2.46 bits per heavy atom. The first-order chi connectivity index (χ1) is 6.31. The summed E-state index contributed by atoms with van der Waals surface area (Å²) in [5.74, 6) is -0.134. The fourth-order valence-corrected chi connectivity index (χ4v) is 2.24. The summed E-state index contributed by atoms with van der Waals surface area (Å²) in [6.45, 7) is 2.89. The zero-order valence-electron chi connectivity index (χ0n) is 7.95. The SMILES string of the molecule is COC(=O)[C@H]1CN2CCC[C@@H]2CN1. The molecule has 2 saturated heterocycles. The molecule has 0 aromatic carbocycles. The third-order valence-electron chi connectivity index (χ3n) is 3.00. The minimum absolute atomic E-state index is 0.112. The van der Waals surface area contributed by atoms with Gasteiger partial charge < -0.3 is 10.1 Å². The summed E-state index contributed by atoms with van der Waals surface area (Å²) in [6, 6.07) is 0.542. The maximum atomic E-state index is 11.2. The van der Waals surface area contributed by atoms with Crippen LogP contribution in [0, 0.1) is 0 Å². The average Bonchev–Trinajstić information content (AvgIpc) is 2.63. The van der Waals surface area contributed by atoms with Crippen LogP contribution in [-0.2, 0) is 9.53 Å². The van der Waals surface area contributed by atoms with Gasteiger partial charge >= 0.3 is 5.97 Å². The molecule has 2 aliphatic heterocycles. The van der Waals surface area contributed by atoms with Crippen LogP contribution in [0.5, 0.6) is 0 Å². The Labute approximate surface area is 78.2 Å². The van der Waals surface area contributed by atoms with Crippen molar-refractivity contribution in [2.45, 2.75) is 24.9 Å². The fourth-order valence-electron chi connectivity index (χ4n) is 2.24. The monoisotopic (exact) mass is 184 g/mol. The highest BCUT2D eigenvalue weighted by Crippen LogP contribution is 2.19. The van der Waals surface area contributed by atoms with Crippen LogP contribution >= 0.6 is 0 Å². The van der Waals surface area contributed by atoms with Gasteiger partial charge in [-0.2, -0.15) is 0 Å². The molecule has 1 N–H and O–H groups in total. The maximum absolute atomic E-state index is 11.2. The number of esters is 1. The lowest BCUT2D eigenvalue weighted by atomic mass is 10.1. The molecule has 2 rings (SSSR count). The van der Waals surface area contributed by atoms with E-state index in [1.54, 1.807) is 0 Å². The molecule has 0 radical (unpaired) electrons. The van der Waals surface area contributed by atoms with Crippen LogP contribution in [0.2, 0.25) is 0 Å². The number of nitrogens with one attached hydrogen (secondary N) is 1. The van der Waals surface area contributed by atoms with Crippen LogP contribution in [0.4, 0.5) is 0 Å². The van der Waals surface area contributed by atoms with E-state index in [0.29, 0.717) is 6.04 Å². The zero-order chi connectivity index (χ0) is 9.26. The van der Waals surface area contributed by atoms with Crippen molar-refractivity contribution in [3.8, 4) is 0 Å². The van der Waals surface area contributed by atoms with E-state index in [4.69, 9.17) is 4.74 Å². The number of fused-ring (bicyclic) bond motifs is 1. The van der Waals surface area contributed by atoms with E-state index in [1.807, 2.05) is 0 Å². The molecular weight excluding hydrogens is 168 g/mol. The summed E-state index contributed by atoms with van der Waals surface area (Å²) < 4.78 is 4.71. The molecule has 74 valence electrons. The highest BCUT2D eigenvalue weighted by atomic mass is 16.5. The van der Waals surface area contributed by atoms with Crippen molar-refractivity contribution < 1.29 is 9.53 Å². The van der Waals surface area contributed by atoms with Crippen LogP contribution in [0.15, 0.2) is 0 Å². The minimum atomic E-state index is -0.134. The predicted molar refractivity (Wildman–Crippen MR) is 48.4 cm³/mol. The van der Waals surface area contributed by atoms with Gasteiger partial charge in [-0.3, -0.25) is 9.69 Å². The van der Waals surface area contributed by atoms with E-state index in [0.717, 1.165) is 19.6 Å².